The zero-order valence-electron chi connectivity index (χ0n) is 17.8. The molecule has 5 nitrogen and oxygen atoms in total. The Morgan fingerprint density at radius 2 is 2.06 bits per heavy atom. The van der Waals surface area contributed by atoms with Gasteiger partial charge in [-0.2, -0.15) is 0 Å². The zero-order chi connectivity index (χ0) is 22.7. The second kappa shape index (κ2) is 9.85. The van der Waals surface area contributed by atoms with Crippen molar-refractivity contribution in [3.63, 3.8) is 0 Å². The minimum absolute atomic E-state index is 0.0877. The molecule has 0 bridgehead atoms. The second-order valence-corrected chi connectivity index (χ2v) is 10.6. The van der Waals surface area contributed by atoms with Crippen LogP contribution in [0.5, 0.6) is 0 Å². The molecule has 0 saturated carbocycles. The smallest absolute Gasteiger partial charge is 0.263 e. The third-order valence-electron chi connectivity index (χ3n) is 5.03. The maximum absolute atomic E-state index is 13.4. The number of fused-ring (bicyclic) bond motifs is 1. The first-order valence-electron chi connectivity index (χ1n) is 10.2. The minimum atomic E-state index is -0.398. The van der Waals surface area contributed by atoms with Crippen LogP contribution < -0.4 is 10.9 Å². The molecule has 4 rings (SSSR count). The Morgan fingerprint density at radius 1 is 1.28 bits per heavy atom. The number of thiophene rings is 2. The Labute approximate surface area is 198 Å². The lowest BCUT2D eigenvalue weighted by Gasteiger charge is -2.14. The molecule has 0 spiro atoms. The number of benzene rings is 1. The lowest BCUT2D eigenvalue weighted by Crippen LogP contribution is -2.31. The monoisotopic (exact) mass is 481 g/mol. The Bertz CT molecular complexity index is 1310. The normalized spacial score (nSPS) is 12.1. The summed E-state index contributed by atoms with van der Waals surface area (Å²) in [6, 6.07) is 14.0. The van der Waals surface area contributed by atoms with Gasteiger partial charge in [-0.25, -0.2) is 4.98 Å². The average molecular weight is 482 g/mol. The molecule has 4 aromatic rings. The maximum atomic E-state index is 13.4. The van der Waals surface area contributed by atoms with Crippen molar-refractivity contribution in [2.24, 2.45) is 0 Å². The van der Waals surface area contributed by atoms with Crippen LogP contribution in [0.1, 0.15) is 17.4 Å². The zero-order valence-corrected chi connectivity index (χ0v) is 20.3. The number of carbonyl (C=O) groups is 1. The number of nitrogens with one attached hydrogen (secondary N) is 1. The summed E-state index contributed by atoms with van der Waals surface area (Å²) in [4.78, 5) is 33.7. The van der Waals surface area contributed by atoms with Crippen molar-refractivity contribution >= 4 is 50.6 Å². The van der Waals surface area contributed by atoms with E-state index in [1.807, 2.05) is 61.7 Å². The molecule has 1 amide bonds. The van der Waals surface area contributed by atoms with E-state index in [-0.39, 0.29) is 11.5 Å². The van der Waals surface area contributed by atoms with Crippen molar-refractivity contribution in [1.82, 2.24) is 14.9 Å². The molecular weight excluding hydrogens is 458 g/mol. The van der Waals surface area contributed by atoms with Gasteiger partial charge in [0.15, 0.2) is 5.16 Å². The van der Waals surface area contributed by atoms with Gasteiger partial charge in [-0.05, 0) is 36.4 Å². The number of allylic oxidation sites excluding steroid dienone is 1. The number of aromatic nitrogens is 2. The summed E-state index contributed by atoms with van der Waals surface area (Å²) < 4.78 is 1.61. The lowest BCUT2D eigenvalue weighted by molar-refractivity contribution is -0.120. The van der Waals surface area contributed by atoms with Crippen molar-refractivity contribution in [3.8, 4) is 10.4 Å². The van der Waals surface area contributed by atoms with Crippen molar-refractivity contribution in [1.29, 1.82) is 0 Å². The molecule has 8 heteroatoms. The van der Waals surface area contributed by atoms with Crippen LogP contribution in [0, 0.1) is 6.92 Å². The largest absolute Gasteiger partial charge is 0.350 e. The van der Waals surface area contributed by atoms with E-state index < -0.39 is 5.25 Å². The topological polar surface area (TPSA) is 64.0 Å². The van der Waals surface area contributed by atoms with Crippen LogP contribution in [0.3, 0.4) is 0 Å². The van der Waals surface area contributed by atoms with Gasteiger partial charge in [-0.1, -0.05) is 54.2 Å². The van der Waals surface area contributed by atoms with E-state index in [1.165, 1.54) is 23.1 Å². The van der Waals surface area contributed by atoms with Crippen molar-refractivity contribution in [2.75, 3.05) is 0 Å². The van der Waals surface area contributed by atoms with E-state index in [1.54, 1.807) is 22.0 Å². The number of aryl methyl sites for hydroxylation is 1. The average Bonchev–Trinajstić information content (AvgIpc) is 3.43. The first-order valence-corrected chi connectivity index (χ1v) is 12.7. The molecule has 3 heterocycles. The predicted molar refractivity (Wildman–Crippen MR) is 136 cm³/mol. The molecule has 1 unspecified atom stereocenters. The fraction of sp³-hybridized carbons (Fsp3) is 0.208. The summed E-state index contributed by atoms with van der Waals surface area (Å²) in [5.41, 5.74) is 1.91. The van der Waals surface area contributed by atoms with Crippen molar-refractivity contribution in [2.45, 2.75) is 37.3 Å². The van der Waals surface area contributed by atoms with E-state index in [2.05, 4.69) is 11.9 Å². The number of rotatable bonds is 8. The molecule has 0 aliphatic carbocycles. The highest BCUT2D eigenvalue weighted by Crippen LogP contribution is 2.36. The van der Waals surface area contributed by atoms with Gasteiger partial charge in [0.05, 0.1) is 17.2 Å². The highest BCUT2D eigenvalue weighted by molar-refractivity contribution is 8.00. The highest BCUT2D eigenvalue weighted by atomic mass is 32.2. The first-order chi connectivity index (χ1) is 15.5. The van der Waals surface area contributed by atoms with Gasteiger partial charge in [-0.3, -0.25) is 14.2 Å². The molecular formula is C24H23N3O2S3. The number of amides is 1. The summed E-state index contributed by atoms with van der Waals surface area (Å²) in [5, 5.41) is 5.71. The summed E-state index contributed by atoms with van der Waals surface area (Å²) in [7, 11) is 0. The number of thioether (sulfide) groups is 1. The quantitative estimate of drug-likeness (QED) is 0.206. The number of nitrogens with zero attached hydrogens (tertiary/aromatic N) is 2. The number of carbonyl (C=O) groups excluding carboxylic acids is 1. The molecule has 0 radical (unpaired) electrons. The van der Waals surface area contributed by atoms with Crippen LogP contribution in [0.4, 0.5) is 0 Å². The molecule has 0 aliphatic heterocycles. The number of hydrogen-bond acceptors (Lipinski definition) is 6. The third-order valence-corrected chi connectivity index (χ3v) is 8.23. The van der Waals surface area contributed by atoms with Gasteiger partial charge in [0.2, 0.25) is 5.91 Å². The van der Waals surface area contributed by atoms with Gasteiger partial charge < -0.3 is 5.32 Å². The van der Waals surface area contributed by atoms with E-state index in [9.17, 15) is 9.59 Å². The highest BCUT2D eigenvalue weighted by Gasteiger charge is 2.22. The molecule has 3 aromatic heterocycles. The fourth-order valence-electron chi connectivity index (χ4n) is 3.39. The molecule has 1 N–H and O–H groups in total. The SMILES string of the molecule is C=CCn1c(SC(C)C(=O)NCc2cccs2)nc2sc(-c3ccccc3)c(C)c2c1=O. The predicted octanol–water partition coefficient (Wildman–Crippen LogP) is 5.48. The lowest BCUT2D eigenvalue weighted by atomic mass is 10.1. The van der Waals surface area contributed by atoms with Crippen LogP contribution in [0.15, 0.2) is 70.5 Å². The van der Waals surface area contributed by atoms with Crippen molar-refractivity contribution < 1.29 is 4.79 Å². The Kier molecular flexibility index (Phi) is 6.93. The van der Waals surface area contributed by atoms with Crippen LogP contribution in [0.2, 0.25) is 0 Å². The van der Waals surface area contributed by atoms with Crippen LogP contribution >= 0.6 is 34.4 Å². The first kappa shape index (κ1) is 22.5. The van der Waals surface area contributed by atoms with Crippen LogP contribution in [-0.4, -0.2) is 20.7 Å². The van der Waals surface area contributed by atoms with Gasteiger partial charge in [0, 0.05) is 16.3 Å². The van der Waals surface area contributed by atoms with E-state index in [0.717, 1.165) is 20.9 Å². The minimum Gasteiger partial charge on any atom is -0.350 e. The van der Waals surface area contributed by atoms with Crippen LogP contribution in [0.25, 0.3) is 20.7 Å². The maximum Gasteiger partial charge on any atom is 0.263 e. The van der Waals surface area contributed by atoms with Gasteiger partial charge in [-0.15, -0.1) is 29.3 Å². The summed E-state index contributed by atoms with van der Waals surface area (Å²) in [5.74, 6) is -0.0877. The molecule has 164 valence electrons. The third kappa shape index (κ3) is 4.57. The van der Waals surface area contributed by atoms with Gasteiger partial charge in [0.25, 0.3) is 5.56 Å². The summed E-state index contributed by atoms with van der Waals surface area (Å²) in [6.07, 6.45) is 1.68. The van der Waals surface area contributed by atoms with E-state index >= 15 is 0 Å². The second-order valence-electron chi connectivity index (χ2n) is 7.26. The molecule has 0 aliphatic rings. The summed E-state index contributed by atoms with van der Waals surface area (Å²) >= 11 is 4.42. The molecule has 1 atom stereocenters. The van der Waals surface area contributed by atoms with E-state index in [0.29, 0.717) is 28.5 Å². The Balaban J connectivity index is 1.67. The molecule has 1 aromatic carbocycles. The van der Waals surface area contributed by atoms with Gasteiger partial charge in [0.1, 0.15) is 4.83 Å². The van der Waals surface area contributed by atoms with Crippen LogP contribution in [-0.2, 0) is 17.9 Å². The van der Waals surface area contributed by atoms with E-state index in [4.69, 9.17) is 4.98 Å². The molecule has 0 saturated heterocycles. The summed E-state index contributed by atoms with van der Waals surface area (Å²) in [6.45, 7) is 8.43. The van der Waals surface area contributed by atoms with Gasteiger partial charge >= 0.3 is 0 Å². The molecule has 32 heavy (non-hydrogen) atoms. The standard InChI is InChI=1S/C24H23N3O2S3/c1-4-12-27-23(29)19-15(2)20(17-9-6-5-7-10-17)32-22(19)26-24(27)31-16(3)21(28)25-14-18-11-8-13-30-18/h4-11,13,16H,1,12,14H2,2-3H3,(H,25,28). The Hall–Kier alpha value is -2.68. The van der Waals surface area contributed by atoms with Crippen molar-refractivity contribution in [3.05, 3.63) is 81.3 Å². The fourth-order valence-corrected chi connectivity index (χ4v) is 6.20. The molecule has 0 fully saturated rings. The number of hydrogen-bond donors (Lipinski definition) is 1. The Morgan fingerprint density at radius 3 is 2.75 bits per heavy atom.